The van der Waals surface area contributed by atoms with Gasteiger partial charge in [0, 0.05) is 19.5 Å². The van der Waals surface area contributed by atoms with Gasteiger partial charge in [0.25, 0.3) is 0 Å². The molecule has 6 nitrogen and oxygen atoms in total. The first kappa shape index (κ1) is 23.0. The molecule has 1 N–H and O–H groups in total. The average Bonchev–Trinajstić information content (AvgIpc) is 3.02. The fourth-order valence-electron chi connectivity index (χ4n) is 3.96. The number of fused-ring (bicyclic) bond motifs is 1. The highest BCUT2D eigenvalue weighted by atomic mass is 28.4. The molecule has 2 aliphatic rings. The summed E-state index contributed by atoms with van der Waals surface area (Å²) >= 11 is 0. The molecule has 3 rings (SSSR count). The Kier molecular flexibility index (Phi) is 6.77. The van der Waals surface area contributed by atoms with Crippen molar-refractivity contribution in [2.45, 2.75) is 70.2 Å². The van der Waals surface area contributed by atoms with Gasteiger partial charge in [-0.2, -0.15) is 0 Å². The molecule has 1 aromatic rings. The SMILES string of the molecule is COC(=O)C1=C(O)CCN2C[C@@H](O[Si](C)(C)C(C)(C)C)[C@@H](OCc3ccccc3)[C@H]12. The Morgan fingerprint density at radius 3 is 2.50 bits per heavy atom. The summed E-state index contributed by atoms with van der Waals surface area (Å²) in [5, 5.41) is 10.6. The van der Waals surface area contributed by atoms with Crippen molar-refractivity contribution in [2.24, 2.45) is 0 Å². The van der Waals surface area contributed by atoms with Gasteiger partial charge in [-0.25, -0.2) is 4.79 Å². The third-order valence-electron chi connectivity index (χ3n) is 6.67. The van der Waals surface area contributed by atoms with Crippen molar-refractivity contribution in [1.82, 2.24) is 4.90 Å². The van der Waals surface area contributed by atoms with E-state index in [4.69, 9.17) is 13.9 Å². The van der Waals surface area contributed by atoms with Crippen LogP contribution in [0, 0.1) is 0 Å². The highest BCUT2D eigenvalue weighted by Gasteiger charge is 2.52. The Hall–Kier alpha value is -1.67. The van der Waals surface area contributed by atoms with Crippen LogP contribution in [0.2, 0.25) is 18.1 Å². The van der Waals surface area contributed by atoms with Crippen molar-refractivity contribution in [3.05, 3.63) is 47.2 Å². The number of carbonyl (C=O) groups excluding carboxylic acids is 1. The molecule has 0 amide bonds. The fourth-order valence-corrected chi connectivity index (χ4v) is 5.28. The van der Waals surface area contributed by atoms with E-state index in [0.29, 0.717) is 31.7 Å². The van der Waals surface area contributed by atoms with Crippen LogP contribution in [0.3, 0.4) is 0 Å². The maximum atomic E-state index is 12.5. The predicted molar refractivity (Wildman–Crippen MR) is 119 cm³/mol. The van der Waals surface area contributed by atoms with E-state index in [1.807, 2.05) is 30.3 Å². The monoisotopic (exact) mass is 433 g/mol. The molecule has 0 bridgehead atoms. The van der Waals surface area contributed by atoms with Crippen LogP contribution in [0.4, 0.5) is 0 Å². The van der Waals surface area contributed by atoms with Crippen LogP contribution in [-0.4, -0.2) is 62.7 Å². The second-order valence-corrected chi connectivity index (χ2v) is 14.5. The number of methoxy groups -OCH3 is 1. The quantitative estimate of drug-likeness (QED) is 0.540. The molecule has 0 spiro atoms. The number of ether oxygens (including phenoxy) is 2. The number of hydrogen-bond acceptors (Lipinski definition) is 6. The van der Waals surface area contributed by atoms with Crippen LogP contribution >= 0.6 is 0 Å². The van der Waals surface area contributed by atoms with Gasteiger partial charge in [0.15, 0.2) is 8.32 Å². The largest absolute Gasteiger partial charge is 0.512 e. The third-order valence-corrected chi connectivity index (χ3v) is 11.2. The Labute approximate surface area is 180 Å². The van der Waals surface area contributed by atoms with E-state index in [-0.39, 0.29) is 29.0 Å². The smallest absolute Gasteiger partial charge is 0.338 e. The number of aliphatic hydroxyl groups is 1. The molecular formula is C23H35NO5Si. The number of carbonyl (C=O) groups is 1. The summed E-state index contributed by atoms with van der Waals surface area (Å²) in [4.78, 5) is 14.7. The van der Waals surface area contributed by atoms with Gasteiger partial charge in [-0.3, -0.25) is 4.90 Å². The standard InChI is InChI=1S/C23H35NO5Si/c1-23(2,3)30(5,6)29-18-14-24-13-12-17(25)19(22(26)27-4)20(24)21(18)28-15-16-10-8-7-9-11-16/h7-11,18,20-21,25H,12-15H2,1-6H3/t18-,20+,21-/m1/s1. The van der Waals surface area contributed by atoms with E-state index in [2.05, 4.69) is 38.8 Å². The molecule has 0 radical (unpaired) electrons. The number of hydrogen-bond donors (Lipinski definition) is 1. The minimum atomic E-state index is -2.06. The second kappa shape index (κ2) is 8.83. The second-order valence-electron chi connectivity index (χ2n) is 9.72. The average molecular weight is 434 g/mol. The van der Waals surface area contributed by atoms with Gasteiger partial charge >= 0.3 is 5.97 Å². The highest BCUT2D eigenvalue weighted by molar-refractivity contribution is 6.74. The highest BCUT2D eigenvalue weighted by Crippen LogP contribution is 2.41. The molecule has 1 fully saturated rings. The normalized spacial score (nSPS) is 25.3. The summed E-state index contributed by atoms with van der Waals surface area (Å²) in [6.07, 6.45) is -0.111. The molecule has 7 heteroatoms. The van der Waals surface area contributed by atoms with Crippen LogP contribution in [0.5, 0.6) is 0 Å². The van der Waals surface area contributed by atoms with E-state index in [1.165, 1.54) is 7.11 Å². The number of aliphatic hydroxyl groups excluding tert-OH is 1. The lowest BCUT2D eigenvalue weighted by atomic mass is 9.95. The first-order valence-corrected chi connectivity index (χ1v) is 13.5. The van der Waals surface area contributed by atoms with Crippen molar-refractivity contribution in [3.63, 3.8) is 0 Å². The van der Waals surface area contributed by atoms with Crippen LogP contribution in [-0.2, 0) is 25.3 Å². The maximum absolute atomic E-state index is 12.5. The zero-order valence-electron chi connectivity index (χ0n) is 19.0. The van der Waals surface area contributed by atoms with Crippen molar-refractivity contribution in [2.75, 3.05) is 20.2 Å². The van der Waals surface area contributed by atoms with E-state index in [9.17, 15) is 9.90 Å². The molecule has 0 aromatic heterocycles. The first-order chi connectivity index (χ1) is 14.0. The van der Waals surface area contributed by atoms with Gasteiger partial charge in [0.2, 0.25) is 0 Å². The van der Waals surface area contributed by atoms with E-state index >= 15 is 0 Å². The lowest BCUT2D eigenvalue weighted by molar-refractivity contribution is -0.138. The Bertz CT molecular complexity index is 787. The van der Waals surface area contributed by atoms with Crippen LogP contribution in [0.25, 0.3) is 0 Å². The summed E-state index contributed by atoms with van der Waals surface area (Å²) in [6, 6.07) is 9.61. The first-order valence-electron chi connectivity index (χ1n) is 10.6. The summed E-state index contributed by atoms with van der Waals surface area (Å²) in [5.74, 6) is -0.395. The molecule has 2 heterocycles. The van der Waals surface area contributed by atoms with Crippen molar-refractivity contribution in [1.29, 1.82) is 0 Å². The van der Waals surface area contributed by atoms with E-state index < -0.39 is 14.3 Å². The minimum absolute atomic E-state index is 0.0588. The summed E-state index contributed by atoms with van der Waals surface area (Å²) < 4.78 is 18.2. The molecule has 1 saturated heterocycles. The van der Waals surface area contributed by atoms with Crippen LogP contribution in [0.15, 0.2) is 41.7 Å². The molecule has 0 aliphatic carbocycles. The fraction of sp³-hybridized carbons (Fsp3) is 0.609. The van der Waals surface area contributed by atoms with Gasteiger partial charge in [0.1, 0.15) is 11.9 Å². The van der Waals surface area contributed by atoms with Gasteiger partial charge in [0.05, 0.1) is 31.4 Å². The van der Waals surface area contributed by atoms with Gasteiger partial charge in [-0.05, 0) is 23.7 Å². The molecular weight excluding hydrogens is 398 g/mol. The Balaban J connectivity index is 1.92. The summed E-state index contributed by atoms with van der Waals surface area (Å²) in [5.41, 5.74) is 1.37. The molecule has 2 aliphatic heterocycles. The molecule has 0 unspecified atom stereocenters. The Morgan fingerprint density at radius 2 is 1.90 bits per heavy atom. The molecule has 3 atom stereocenters. The van der Waals surface area contributed by atoms with Gasteiger partial charge in [-0.15, -0.1) is 0 Å². The zero-order valence-corrected chi connectivity index (χ0v) is 20.0. The Morgan fingerprint density at radius 1 is 1.23 bits per heavy atom. The van der Waals surface area contributed by atoms with E-state index in [0.717, 1.165) is 5.56 Å². The summed E-state index contributed by atoms with van der Waals surface area (Å²) in [7, 11) is -0.713. The number of nitrogens with zero attached hydrogens (tertiary/aromatic N) is 1. The van der Waals surface area contributed by atoms with Crippen molar-refractivity contribution < 1.29 is 23.8 Å². The minimum Gasteiger partial charge on any atom is -0.512 e. The third kappa shape index (κ3) is 4.64. The molecule has 0 saturated carbocycles. The molecule has 166 valence electrons. The topological polar surface area (TPSA) is 68.2 Å². The predicted octanol–water partition coefficient (Wildman–Crippen LogP) is 4.04. The van der Waals surface area contributed by atoms with Crippen molar-refractivity contribution in [3.8, 4) is 0 Å². The van der Waals surface area contributed by atoms with Crippen LogP contribution < -0.4 is 0 Å². The maximum Gasteiger partial charge on any atom is 0.338 e. The molecule has 30 heavy (non-hydrogen) atoms. The molecule has 1 aromatic carbocycles. The number of esters is 1. The van der Waals surface area contributed by atoms with Gasteiger partial charge in [-0.1, -0.05) is 51.1 Å². The number of benzene rings is 1. The van der Waals surface area contributed by atoms with Gasteiger partial charge < -0.3 is 19.0 Å². The lowest BCUT2D eigenvalue weighted by Crippen LogP contribution is -2.49. The summed E-state index contributed by atoms with van der Waals surface area (Å²) in [6.45, 7) is 12.9. The number of rotatable bonds is 6. The van der Waals surface area contributed by atoms with Crippen LogP contribution in [0.1, 0.15) is 32.8 Å². The van der Waals surface area contributed by atoms with E-state index in [1.54, 1.807) is 0 Å². The van der Waals surface area contributed by atoms with Crippen molar-refractivity contribution >= 4 is 14.3 Å². The zero-order chi connectivity index (χ0) is 22.1. The lowest BCUT2D eigenvalue weighted by Gasteiger charge is -2.40.